The summed E-state index contributed by atoms with van der Waals surface area (Å²) in [6.07, 6.45) is 0.0462. The van der Waals surface area contributed by atoms with Crippen molar-refractivity contribution < 1.29 is 36.7 Å². The van der Waals surface area contributed by atoms with Gasteiger partial charge in [-0.1, -0.05) is 35.5 Å². The van der Waals surface area contributed by atoms with Crippen LogP contribution in [0, 0.1) is 17.5 Å². The van der Waals surface area contributed by atoms with Gasteiger partial charge < -0.3 is 24.4 Å². The van der Waals surface area contributed by atoms with Gasteiger partial charge >= 0.3 is 0 Å². The molecule has 3 aliphatic heterocycles. The Labute approximate surface area is 249 Å². The first-order valence-corrected chi connectivity index (χ1v) is 14.1. The van der Waals surface area contributed by atoms with E-state index < -0.39 is 75.9 Å². The zero-order valence-corrected chi connectivity index (χ0v) is 23.8. The number of carbonyl (C=O) groups excluding carboxylic acids is 2. The minimum Gasteiger partial charge on any atom is -0.483 e. The lowest BCUT2D eigenvalue weighted by atomic mass is 9.82. The SMILES string of the molecule is CC1=NO[C@@]2(CC[C@H](C)N3C[C@H]2n2cc(C(=O)NCc4c(F)cc(F)cc4F)c(=O)c(OCc4ccccc4)c2C3=O)[C@@H]1F. The van der Waals surface area contributed by atoms with Gasteiger partial charge in [0.1, 0.15) is 29.6 Å². The second-order valence-electron chi connectivity index (χ2n) is 11.3. The van der Waals surface area contributed by atoms with Gasteiger partial charge in [-0.15, -0.1) is 0 Å². The van der Waals surface area contributed by atoms with Crippen LogP contribution in [-0.2, 0) is 18.0 Å². The Bertz CT molecular complexity index is 1720. The molecule has 13 heteroatoms. The van der Waals surface area contributed by atoms with Crippen LogP contribution in [-0.4, -0.2) is 51.4 Å². The number of fused-ring (bicyclic) bond motifs is 5. The molecule has 4 heterocycles. The van der Waals surface area contributed by atoms with Crippen molar-refractivity contribution in [2.24, 2.45) is 5.16 Å². The molecule has 0 aliphatic carbocycles. The van der Waals surface area contributed by atoms with E-state index >= 15 is 4.39 Å². The first-order chi connectivity index (χ1) is 21.0. The van der Waals surface area contributed by atoms with Crippen LogP contribution in [0.5, 0.6) is 5.75 Å². The molecule has 44 heavy (non-hydrogen) atoms. The number of oxime groups is 1. The fourth-order valence-corrected chi connectivity index (χ4v) is 6.12. The number of nitrogens with zero attached hydrogens (tertiary/aromatic N) is 3. The first kappa shape index (κ1) is 29.4. The summed E-state index contributed by atoms with van der Waals surface area (Å²) >= 11 is 0. The number of halogens is 4. The first-order valence-electron chi connectivity index (χ1n) is 14.1. The lowest BCUT2D eigenvalue weighted by Gasteiger charge is -2.42. The van der Waals surface area contributed by atoms with E-state index in [0.717, 1.165) is 6.20 Å². The number of aromatic nitrogens is 1. The largest absolute Gasteiger partial charge is 0.483 e. The summed E-state index contributed by atoms with van der Waals surface area (Å²) in [4.78, 5) is 48.5. The Morgan fingerprint density at radius 1 is 1.16 bits per heavy atom. The third kappa shape index (κ3) is 4.80. The van der Waals surface area contributed by atoms with E-state index in [4.69, 9.17) is 9.57 Å². The van der Waals surface area contributed by atoms with Gasteiger partial charge in [0, 0.05) is 43.0 Å². The molecule has 1 fully saturated rings. The Kier molecular flexibility index (Phi) is 7.42. The van der Waals surface area contributed by atoms with Crippen LogP contribution >= 0.6 is 0 Å². The molecule has 0 unspecified atom stereocenters. The van der Waals surface area contributed by atoms with Crippen LogP contribution in [0.25, 0.3) is 0 Å². The third-order valence-electron chi connectivity index (χ3n) is 8.57. The van der Waals surface area contributed by atoms with Crippen molar-refractivity contribution in [3.8, 4) is 5.75 Å². The third-order valence-corrected chi connectivity index (χ3v) is 8.57. The number of hydrogen-bond donors (Lipinski definition) is 1. The topological polar surface area (TPSA) is 102 Å². The van der Waals surface area contributed by atoms with Crippen molar-refractivity contribution >= 4 is 17.5 Å². The fourth-order valence-electron chi connectivity index (χ4n) is 6.12. The average molecular weight is 613 g/mol. The summed E-state index contributed by atoms with van der Waals surface area (Å²) in [6, 6.07) is 8.48. The maximum atomic E-state index is 15.9. The molecule has 4 atom stereocenters. The molecule has 6 rings (SSSR count). The molecule has 1 N–H and O–H groups in total. The number of rotatable bonds is 6. The van der Waals surface area contributed by atoms with E-state index in [1.807, 2.05) is 6.92 Å². The summed E-state index contributed by atoms with van der Waals surface area (Å²) in [5, 5.41) is 6.21. The zero-order valence-electron chi connectivity index (χ0n) is 23.8. The van der Waals surface area contributed by atoms with E-state index in [2.05, 4.69) is 10.5 Å². The molecule has 1 saturated heterocycles. The number of pyridine rings is 1. The van der Waals surface area contributed by atoms with Gasteiger partial charge in [-0.2, -0.15) is 0 Å². The number of hydrogen-bond acceptors (Lipinski definition) is 6. The van der Waals surface area contributed by atoms with Crippen LogP contribution in [0.2, 0.25) is 0 Å². The number of benzene rings is 2. The molecular weight excluding hydrogens is 584 g/mol. The van der Waals surface area contributed by atoms with Crippen LogP contribution in [0.1, 0.15) is 64.7 Å². The van der Waals surface area contributed by atoms with Gasteiger partial charge in [0.05, 0.1) is 11.8 Å². The van der Waals surface area contributed by atoms with Crippen LogP contribution in [0.3, 0.4) is 0 Å². The van der Waals surface area contributed by atoms with Crippen LogP contribution < -0.4 is 15.5 Å². The highest BCUT2D eigenvalue weighted by molar-refractivity contribution is 5.99. The molecule has 1 spiro atoms. The summed E-state index contributed by atoms with van der Waals surface area (Å²) in [7, 11) is 0. The lowest BCUT2D eigenvalue weighted by Crippen LogP contribution is -2.55. The molecule has 3 aromatic rings. The van der Waals surface area contributed by atoms with Gasteiger partial charge in [-0.05, 0) is 32.3 Å². The minimum absolute atomic E-state index is 0.00424. The molecule has 0 saturated carbocycles. The highest BCUT2D eigenvalue weighted by atomic mass is 19.1. The molecule has 230 valence electrons. The summed E-state index contributed by atoms with van der Waals surface area (Å²) in [5.41, 5.74) is -3.01. The van der Waals surface area contributed by atoms with E-state index in [-0.39, 0.29) is 37.0 Å². The number of carbonyl (C=O) groups is 2. The second-order valence-corrected chi connectivity index (χ2v) is 11.3. The Hall–Kier alpha value is -4.68. The van der Waals surface area contributed by atoms with Crippen molar-refractivity contribution in [1.82, 2.24) is 14.8 Å². The maximum Gasteiger partial charge on any atom is 0.274 e. The molecule has 2 amide bonds. The van der Waals surface area contributed by atoms with Crippen LogP contribution in [0.15, 0.2) is 58.6 Å². The smallest absolute Gasteiger partial charge is 0.274 e. The molecule has 2 bridgehead atoms. The Balaban J connectivity index is 1.47. The molecule has 2 aromatic carbocycles. The summed E-state index contributed by atoms with van der Waals surface area (Å²) in [6.45, 7) is 2.47. The van der Waals surface area contributed by atoms with Gasteiger partial charge in [0.15, 0.2) is 23.2 Å². The average Bonchev–Trinajstić information content (AvgIpc) is 3.20. The monoisotopic (exact) mass is 612 g/mol. The maximum absolute atomic E-state index is 15.9. The van der Waals surface area contributed by atoms with Gasteiger partial charge in [-0.3, -0.25) is 14.4 Å². The van der Waals surface area contributed by atoms with Gasteiger partial charge in [0.25, 0.3) is 11.8 Å². The lowest BCUT2D eigenvalue weighted by molar-refractivity contribution is -0.0957. The number of alkyl halides is 1. The summed E-state index contributed by atoms with van der Waals surface area (Å²) < 4.78 is 65.1. The normalized spacial score (nSPS) is 24.0. The molecule has 9 nitrogen and oxygen atoms in total. The van der Waals surface area contributed by atoms with E-state index in [1.54, 1.807) is 30.3 Å². The zero-order chi connectivity index (χ0) is 31.3. The minimum atomic E-state index is -1.64. The van der Waals surface area contributed by atoms with Crippen LogP contribution in [0.4, 0.5) is 17.6 Å². The molecule has 3 aliphatic rings. The summed E-state index contributed by atoms with van der Waals surface area (Å²) in [5.74, 6) is -5.59. The molecule has 0 radical (unpaired) electrons. The van der Waals surface area contributed by atoms with Gasteiger partial charge in [0.2, 0.25) is 5.43 Å². The van der Waals surface area contributed by atoms with Crippen molar-refractivity contribution in [2.45, 2.75) is 63.7 Å². The highest BCUT2D eigenvalue weighted by Gasteiger charge is 2.59. The van der Waals surface area contributed by atoms with Crippen molar-refractivity contribution in [3.05, 3.63) is 98.7 Å². The number of ether oxygens (including phenoxy) is 1. The van der Waals surface area contributed by atoms with E-state index in [1.165, 1.54) is 16.4 Å². The standard InChI is InChI=1S/C31H28F4N4O5/c1-16-8-9-31(28(35)17(2)37-44-31)24-14-38(16)30(42)25-27(43-15-18-6-4-3-5-7-18)26(40)21(13-39(24)25)29(41)36-12-20-22(33)10-19(32)11-23(20)34/h3-7,10-11,13,16,24,28H,8-9,12,14-15H2,1-2H3,(H,36,41)/t16-,24+,28+,31+/m0/s1. The van der Waals surface area contributed by atoms with E-state index in [9.17, 15) is 27.6 Å². The predicted molar refractivity (Wildman–Crippen MR) is 150 cm³/mol. The van der Waals surface area contributed by atoms with E-state index in [0.29, 0.717) is 24.1 Å². The molecule has 1 aromatic heterocycles. The predicted octanol–water partition coefficient (Wildman–Crippen LogP) is 4.44. The second kappa shape index (κ2) is 11.1. The Morgan fingerprint density at radius 3 is 2.52 bits per heavy atom. The Morgan fingerprint density at radius 2 is 1.86 bits per heavy atom. The highest BCUT2D eigenvalue weighted by Crippen LogP contribution is 2.47. The van der Waals surface area contributed by atoms with Gasteiger partial charge in [-0.25, -0.2) is 17.6 Å². The fraction of sp³-hybridized carbons (Fsp3) is 0.355. The quantitative estimate of drug-likeness (QED) is 0.415. The number of nitrogens with one attached hydrogen (secondary N) is 1. The van der Waals surface area contributed by atoms with Crippen molar-refractivity contribution in [3.63, 3.8) is 0 Å². The molecular formula is C31H28F4N4O5. The van der Waals surface area contributed by atoms with Crippen molar-refractivity contribution in [1.29, 1.82) is 0 Å². The van der Waals surface area contributed by atoms with Crippen molar-refractivity contribution in [2.75, 3.05) is 6.54 Å². The number of amides is 2.